The molecule has 3 nitrogen and oxygen atoms in total. The molecule has 1 aliphatic rings. The van der Waals surface area contributed by atoms with E-state index in [-0.39, 0.29) is 5.52 Å². The first kappa shape index (κ1) is 19.9. The fraction of sp³-hybridized carbons (Fsp3) is 0.348. The van der Waals surface area contributed by atoms with Crippen molar-refractivity contribution in [2.45, 2.75) is 25.6 Å². The third kappa shape index (κ3) is 4.60. The Kier molecular flexibility index (Phi) is 5.83. The van der Waals surface area contributed by atoms with E-state index in [4.69, 9.17) is 0 Å². The van der Waals surface area contributed by atoms with Crippen molar-refractivity contribution in [1.82, 2.24) is 15.6 Å². The van der Waals surface area contributed by atoms with Gasteiger partial charge in [0.2, 0.25) is 0 Å². The Balaban J connectivity index is 1.57. The maximum absolute atomic E-state index is 13.4. The van der Waals surface area contributed by atoms with Crippen LogP contribution in [0.3, 0.4) is 0 Å². The van der Waals surface area contributed by atoms with Crippen molar-refractivity contribution >= 4 is 10.9 Å². The molecule has 0 spiro atoms. The molecule has 29 heavy (non-hydrogen) atoms. The van der Waals surface area contributed by atoms with Gasteiger partial charge in [0.25, 0.3) is 0 Å². The normalized spacial score (nSPS) is 15.7. The molecule has 0 bridgehead atoms. The van der Waals surface area contributed by atoms with Crippen molar-refractivity contribution in [3.05, 3.63) is 65.9 Å². The Morgan fingerprint density at radius 1 is 1.03 bits per heavy atom. The van der Waals surface area contributed by atoms with Crippen LogP contribution in [0.4, 0.5) is 13.2 Å². The van der Waals surface area contributed by atoms with Gasteiger partial charge in [0.1, 0.15) is 0 Å². The highest BCUT2D eigenvalue weighted by atomic mass is 19.4. The topological polar surface area (TPSA) is 37.0 Å². The van der Waals surface area contributed by atoms with Crippen molar-refractivity contribution in [3.63, 3.8) is 0 Å². The van der Waals surface area contributed by atoms with Crippen LogP contribution in [-0.2, 0) is 12.7 Å². The van der Waals surface area contributed by atoms with E-state index in [1.807, 2.05) is 24.3 Å². The molecule has 1 aromatic heterocycles. The largest absolute Gasteiger partial charge is 0.418 e. The molecular formula is C23H24F3N3. The highest BCUT2D eigenvalue weighted by Crippen LogP contribution is 2.37. The van der Waals surface area contributed by atoms with Gasteiger partial charge in [-0.1, -0.05) is 30.3 Å². The van der Waals surface area contributed by atoms with Crippen molar-refractivity contribution < 1.29 is 13.2 Å². The van der Waals surface area contributed by atoms with Crippen LogP contribution in [0.5, 0.6) is 0 Å². The molecule has 2 heterocycles. The summed E-state index contributed by atoms with van der Waals surface area (Å²) in [5.41, 5.74) is 2.08. The molecule has 0 saturated carbocycles. The summed E-state index contributed by atoms with van der Waals surface area (Å²) in [6.07, 6.45) is -0.588. The molecule has 152 valence electrons. The zero-order valence-corrected chi connectivity index (χ0v) is 16.1. The maximum Gasteiger partial charge on any atom is 0.418 e. The number of piperidine rings is 1. The van der Waals surface area contributed by atoms with Gasteiger partial charge in [-0.2, -0.15) is 13.2 Å². The molecule has 6 heteroatoms. The number of alkyl halides is 3. The van der Waals surface area contributed by atoms with E-state index < -0.39 is 11.7 Å². The summed E-state index contributed by atoms with van der Waals surface area (Å²) in [6, 6.07) is 14.0. The second-order valence-electron chi connectivity index (χ2n) is 7.58. The third-order valence-corrected chi connectivity index (χ3v) is 5.54. The number of hydrogen-bond acceptors (Lipinski definition) is 3. The average Bonchev–Trinajstić information content (AvgIpc) is 2.73. The van der Waals surface area contributed by atoms with Crippen LogP contribution in [0.1, 0.15) is 24.0 Å². The predicted octanol–water partition coefficient (Wildman–Crippen LogP) is 5.01. The van der Waals surface area contributed by atoms with Gasteiger partial charge in [0.05, 0.1) is 11.1 Å². The predicted molar refractivity (Wildman–Crippen MR) is 109 cm³/mol. The van der Waals surface area contributed by atoms with Crippen LogP contribution in [0.2, 0.25) is 0 Å². The number of rotatable bonds is 5. The van der Waals surface area contributed by atoms with Crippen molar-refractivity contribution in [3.8, 4) is 11.1 Å². The minimum Gasteiger partial charge on any atom is -0.317 e. The first-order valence-corrected chi connectivity index (χ1v) is 9.98. The molecule has 1 saturated heterocycles. The van der Waals surface area contributed by atoms with Crippen LogP contribution >= 0.6 is 0 Å². The van der Waals surface area contributed by atoms with Crippen LogP contribution in [0, 0.1) is 5.92 Å². The van der Waals surface area contributed by atoms with Gasteiger partial charge in [-0.3, -0.25) is 4.98 Å². The van der Waals surface area contributed by atoms with Crippen LogP contribution in [0.15, 0.2) is 54.7 Å². The lowest BCUT2D eigenvalue weighted by molar-refractivity contribution is -0.136. The average molecular weight is 399 g/mol. The number of aromatic nitrogens is 1. The standard InChI is InChI=1S/C23H24F3N3/c24-23(25,26)21-6-2-5-20-19(9-12-29-22(20)21)18-4-1-3-17(13-18)15-28-14-16-7-10-27-11-8-16/h1-6,9,12-13,16,27-28H,7-8,10-11,14-15H2. The lowest BCUT2D eigenvalue weighted by Crippen LogP contribution is -2.33. The maximum atomic E-state index is 13.4. The van der Waals surface area contributed by atoms with Gasteiger partial charge < -0.3 is 10.6 Å². The minimum atomic E-state index is -4.43. The van der Waals surface area contributed by atoms with Crippen LogP contribution in [-0.4, -0.2) is 24.6 Å². The van der Waals surface area contributed by atoms with Gasteiger partial charge in [0.15, 0.2) is 0 Å². The summed E-state index contributed by atoms with van der Waals surface area (Å²) < 4.78 is 40.1. The molecule has 2 N–H and O–H groups in total. The van der Waals surface area contributed by atoms with Gasteiger partial charge in [-0.25, -0.2) is 0 Å². The SMILES string of the molecule is FC(F)(F)c1cccc2c(-c3cccc(CNCC4CCNCC4)c3)ccnc12. The summed E-state index contributed by atoms with van der Waals surface area (Å²) in [7, 11) is 0. The van der Waals surface area contributed by atoms with Crippen LogP contribution < -0.4 is 10.6 Å². The monoisotopic (exact) mass is 399 g/mol. The molecule has 3 aromatic rings. The summed E-state index contributed by atoms with van der Waals surface area (Å²) in [4.78, 5) is 4.02. The lowest BCUT2D eigenvalue weighted by Gasteiger charge is -2.22. The van der Waals surface area contributed by atoms with E-state index in [2.05, 4.69) is 15.6 Å². The highest BCUT2D eigenvalue weighted by Gasteiger charge is 2.33. The Bertz CT molecular complexity index is 979. The number of nitrogens with one attached hydrogen (secondary N) is 2. The zero-order chi connectivity index (χ0) is 20.3. The molecule has 1 fully saturated rings. The summed E-state index contributed by atoms with van der Waals surface area (Å²) in [6.45, 7) is 3.89. The number of para-hydroxylation sites is 1. The molecule has 0 atom stereocenters. The Morgan fingerprint density at radius 3 is 2.62 bits per heavy atom. The fourth-order valence-electron chi connectivity index (χ4n) is 4.01. The molecule has 0 unspecified atom stereocenters. The smallest absolute Gasteiger partial charge is 0.317 e. The molecule has 0 amide bonds. The lowest BCUT2D eigenvalue weighted by atomic mass is 9.97. The highest BCUT2D eigenvalue weighted by molar-refractivity contribution is 5.96. The van der Waals surface area contributed by atoms with E-state index in [1.165, 1.54) is 25.1 Å². The van der Waals surface area contributed by atoms with E-state index in [0.29, 0.717) is 11.3 Å². The van der Waals surface area contributed by atoms with E-state index in [1.54, 1.807) is 12.1 Å². The zero-order valence-electron chi connectivity index (χ0n) is 16.1. The second-order valence-corrected chi connectivity index (χ2v) is 7.58. The molecular weight excluding hydrogens is 375 g/mol. The Morgan fingerprint density at radius 2 is 1.83 bits per heavy atom. The summed E-state index contributed by atoms with van der Waals surface area (Å²) in [5, 5.41) is 7.42. The van der Waals surface area contributed by atoms with Crippen molar-refractivity contribution in [2.24, 2.45) is 5.92 Å². The van der Waals surface area contributed by atoms with Crippen molar-refractivity contribution in [1.29, 1.82) is 0 Å². The first-order chi connectivity index (χ1) is 14.0. The van der Waals surface area contributed by atoms with Gasteiger partial charge in [-0.15, -0.1) is 0 Å². The van der Waals surface area contributed by atoms with Gasteiger partial charge in [0, 0.05) is 18.1 Å². The summed E-state index contributed by atoms with van der Waals surface area (Å²) >= 11 is 0. The van der Waals surface area contributed by atoms with Crippen LogP contribution in [0.25, 0.3) is 22.0 Å². The number of hydrogen-bond donors (Lipinski definition) is 2. The number of benzene rings is 2. The summed E-state index contributed by atoms with van der Waals surface area (Å²) in [5.74, 6) is 0.698. The third-order valence-electron chi connectivity index (χ3n) is 5.54. The van der Waals surface area contributed by atoms with E-state index >= 15 is 0 Å². The molecule has 0 radical (unpaired) electrons. The Hall–Kier alpha value is -2.44. The quantitative estimate of drug-likeness (QED) is 0.633. The Labute approximate surface area is 168 Å². The van der Waals surface area contributed by atoms with Gasteiger partial charge >= 0.3 is 6.18 Å². The van der Waals surface area contributed by atoms with Crippen molar-refractivity contribution in [2.75, 3.05) is 19.6 Å². The number of fused-ring (bicyclic) bond motifs is 1. The van der Waals surface area contributed by atoms with Gasteiger partial charge in [-0.05, 0) is 73.3 Å². The van der Waals surface area contributed by atoms with E-state index in [0.717, 1.165) is 48.9 Å². The van der Waals surface area contributed by atoms with E-state index in [9.17, 15) is 13.2 Å². The fourth-order valence-corrected chi connectivity index (χ4v) is 4.01. The second kappa shape index (κ2) is 8.51. The number of halogens is 3. The molecule has 0 aliphatic carbocycles. The minimum absolute atomic E-state index is 0.00747. The number of pyridine rings is 1. The molecule has 2 aromatic carbocycles. The molecule has 4 rings (SSSR count). The number of nitrogens with zero attached hydrogens (tertiary/aromatic N) is 1. The molecule has 1 aliphatic heterocycles. The first-order valence-electron chi connectivity index (χ1n) is 9.98.